The Morgan fingerprint density at radius 1 is 1.00 bits per heavy atom. The molecule has 2 aromatic rings. The van der Waals surface area contributed by atoms with Gasteiger partial charge in [0.15, 0.2) is 0 Å². The largest absolute Gasteiger partial charge is 0.357 e. The first kappa shape index (κ1) is 23.5. The zero-order valence-corrected chi connectivity index (χ0v) is 20.3. The molecule has 2 fully saturated rings. The minimum atomic E-state index is -0.134. The molecule has 6 heteroatoms. The van der Waals surface area contributed by atoms with Crippen LogP contribution in [0.5, 0.6) is 0 Å². The Morgan fingerprint density at radius 2 is 1.76 bits per heavy atom. The van der Waals surface area contributed by atoms with Gasteiger partial charge in [0.1, 0.15) is 5.82 Å². The minimum Gasteiger partial charge on any atom is -0.357 e. The number of pyridine rings is 1. The molecule has 2 aliphatic rings. The first-order chi connectivity index (χ1) is 15.9. The van der Waals surface area contributed by atoms with E-state index in [9.17, 15) is 9.59 Å². The summed E-state index contributed by atoms with van der Waals surface area (Å²) in [6.45, 7) is 8.70. The fraction of sp³-hybridized carbons (Fsp3) is 0.593. The highest BCUT2D eigenvalue weighted by molar-refractivity contribution is 5.96. The van der Waals surface area contributed by atoms with Crippen LogP contribution in [0.15, 0.2) is 24.3 Å². The third-order valence-electron chi connectivity index (χ3n) is 7.60. The second kappa shape index (κ2) is 10.5. The van der Waals surface area contributed by atoms with Crippen LogP contribution in [0.25, 0.3) is 10.9 Å². The van der Waals surface area contributed by atoms with Crippen LogP contribution >= 0.6 is 0 Å². The van der Waals surface area contributed by atoms with Gasteiger partial charge in [-0.3, -0.25) is 9.59 Å². The monoisotopic (exact) mass is 450 g/mol. The van der Waals surface area contributed by atoms with Crippen molar-refractivity contribution in [3.8, 4) is 0 Å². The molecule has 2 heterocycles. The second-order valence-corrected chi connectivity index (χ2v) is 10.1. The second-order valence-electron chi connectivity index (χ2n) is 10.1. The number of carbonyl (C=O) groups is 2. The molecule has 1 aromatic heterocycles. The summed E-state index contributed by atoms with van der Waals surface area (Å²) in [5, 5.41) is 7.16. The van der Waals surface area contributed by atoms with Crippen LogP contribution in [0.1, 0.15) is 70.8 Å². The molecule has 1 aliphatic carbocycles. The molecule has 0 spiro atoms. The van der Waals surface area contributed by atoms with E-state index in [0.29, 0.717) is 11.8 Å². The van der Waals surface area contributed by atoms with Gasteiger partial charge < -0.3 is 15.5 Å². The summed E-state index contributed by atoms with van der Waals surface area (Å²) in [6, 6.07) is 8.24. The maximum atomic E-state index is 12.5. The van der Waals surface area contributed by atoms with Gasteiger partial charge in [-0.15, -0.1) is 0 Å². The zero-order chi connectivity index (χ0) is 23.4. The summed E-state index contributed by atoms with van der Waals surface area (Å²) in [7, 11) is 0. The standard InChI is InChI=1S/C27H38N4O2/c1-18-8-7-9-23(20(18)3)30-27(33)13-12-26(32)28-21-10-11-24-22(17-21)19(2)16-25(29-24)31-14-5-4-6-15-31/h10-11,16-18,20,23H,4-9,12-15H2,1-3H3,(H,28,32)(H,30,33). The Labute approximate surface area is 197 Å². The maximum absolute atomic E-state index is 12.5. The van der Waals surface area contributed by atoms with E-state index < -0.39 is 0 Å². The predicted molar refractivity (Wildman–Crippen MR) is 135 cm³/mol. The molecule has 4 rings (SSSR count). The van der Waals surface area contributed by atoms with Crippen LogP contribution < -0.4 is 15.5 Å². The zero-order valence-electron chi connectivity index (χ0n) is 20.3. The third kappa shape index (κ3) is 5.84. The molecular formula is C27H38N4O2. The average molecular weight is 451 g/mol. The Bertz CT molecular complexity index is 999. The Balaban J connectivity index is 1.33. The lowest BCUT2D eigenvalue weighted by Crippen LogP contribution is -2.43. The van der Waals surface area contributed by atoms with Crippen molar-refractivity contribution in [3.05, 3.63) is 29.8 Å². The van der Waals surface area contributed by atoms with Crippen molar-refractivity contribution in [3.63, 3.8) is 0 Å². The van der Waals surface area contributed by atoms with Crippen molar-refractivity contribution in [2.24, 2.45) is 11.8 Å². The number of hydrogen-bond donors (Lipinski definition) is 2. The van der Waals surface area contributed by atoms with E-state index in [1.54, 1.807) is 0 Å². The lowest BCUT2D eigenvalue weighted by Gasteiger charge is -2.34. The van der Waals surface area contributed by atoms with Gasteiger partial charge in [0.05, 0.1) is 5.52 Å². The van der Waals surface area contributed by atoms with Crippen LogP contribution in [-0.2, 0) is 9.59 Å². The molecule has 0 bridgehead atoms. The van der Waals surface area contributed by atoms with E-state index in [2.05, 4.69) is 42.4 Å². The SMILES string of the molecule is Cc1cc(N2CCCCC2)nc2ccc(NC(=O)CCC(=O)NC3CCCC(C)C3C)cc12. The van der Waals surface area contributed by atoms with Crippen molar-refractivity contribution >= 4 is 34.2 Å². The number of piperidine rings is 1. The number of aryl methyl sites for hydroxylation is 1. The number of fused-ring (bicyclic) bond motifs is 1. The van der Waals surface area contributed by atoms with Crippen molar-refractivity contribution in [1.82, 2.24) is 10.3 Å². The van der Waals surface area contributed by atoms with E-state index >= 15 is 0 Å². The molecule has 1 aliphatic heterocycles. The molecule has 1 saturated carbocycles. The van der Waals surface area contributed by atoms with E-state index in [-0.39, 0.29) is 30.7 Å². The van der Waals surface area contributed by atoms with Gasteiger partial charge in [0.25, 0.3) is 0 Å². The lowest BCUT2D eigenvalue weighted by molar-refractivity contribution is -0.125. The molecule has 2 N–H and O–H groups in total. The van der Waals surface area contributed by atoms with E-state index in [4.69, 9.17) is 4.98 Å². The van der Waals surface area contributed by atoms with Crippen molar-refractivity contribution in [2.45, 2.75) is 78.2 Å². The van der Waals surface area contributed by atoms with Crippen LogP contribution in [0.3, 0.4) is 0 Å². The average Bonchev–Trinajstić information content (AvgIpc) is 2.81. The molecule has 3 atom stereocenters. The lowest BCUT2D eigenvalue weighted by atomic mass is 9.78. The Hall–Kier alpha value is -2.63. The van der Waals surface area contributed by atoms with Gasteiger partial charge in [-0.2, -0.15) is 0 Å². The third-order valence-corrected chi connectivity index (χ3v) is 7.60. The fourth-order valence-electron chi connectivity index (χ4n) is 5.25. The number of carbonyl (C=O) groups excluding carboxylic acids is 2. The molecule has 6 nitrogen and oxygen atoms in total. The van der Waals surface area contributed by atoms with E-state index in [1.807, 2.05) is 18.2 Å². The van der Waals surface area contributed by atoms with Crippen molar-refractivity contribution in [2.75, 3.05) is 23.3 Å². The summed E-state index contributed by atoms with van der Waals surface area (Å²) in [5.41, 5.74) is 2.86. The Morgan fingerprint density at radius 3 is 2.55 bits per heavy atom. The highest BCUT2D eigenvalue weighted by Crippen LogP contribution is 2.30. The predicted octanol–water partition coefficient (Wildman–Crippen LogP) is 5.19. The van der Waals surface area contributed by atoms with Crippen LogP contribution in [0.2, 0.25) is 0 Å². The number of anilines is 2. The topological polar surface area (TPSA) is 74.3 Å². The fourth-order valence-corrected chi connectivity index (χ4v) is 5.25. The van der Waals surface area contributed by atoms with Gasteiger partial charge in [-0.1, -0.05) is 26.7 Å². The maximum Gasteiger partial charge on any atom is 0.224 e. The highest BCUT2D eigenvalue weighted by Gasteiger charge is 2.28. The molecule has 178 valence electrons. The number of nitrogens with zero attached hydrogens (tertiary/aromatic N) is 2. The van der Waals surface area contributed by atoms with Gasteiger partial charge in [0, 0.05) is 43.0 Å². The molecule has 1 saturated heterocycles. The van der Waals surface area contributed by atoms with Gasteiger partial charge in [-0.25, -0.2) is 4.98 Å². The van der Waals surface area contributed by atoms with Crippen molar-refractivity contribution < 1.29 is 9.59 Å². The molecular weight excluding hydrogens is 412 g/mol. The normalized spacial score (nSPS) is 23.4. The van der Waals surface area contributed by atoms with E-state index in [1.165, 1.54) is 25.7 Å². The summed E-state index contributed by atoms with van der Waals surface area (Å²) in [4.78, 5) is 32.1. The summed E-state index contributed by atoms with van der Waals surface area (Å²) >= 11 is 0. The molecule has 0 radical (unpaired) electrons. The van der Waals surface area contributed by atoms with E-state index in [0.717, 1.165) is 53.9 Å². The summed E-state index contributed by atoms with van der Waals surface area (Å²) in [5.74, 6) is 2.00. The number of benzene rings is 1. The number of nitrogens with one attached hydrogen (secondary N) is 2. The Kier molecular flexibility index (Phi) is 7.51. The number of amides is 2. The smallest absolute Gasteiger partial charge is 0.224 e. The highest BCUT2D eigenvalue weighted by atomic mass is 16.2. The summed E-state index contributed by atoms with van der Waals surface area (Å²) < 4.78 is 0. The van der Waals surface area contributed by atoms with Crippen molar-refractivity contribution in [1.29, 1.82) is 0 Å². The van der Waals surface area contributed by atoms with Crippen LogP contribution in [0, 0.1) is 18.8 Å². The number of hydrogen-bond acceptors (Lipinski definition) is 4. The molecule has 1 aromatic carbocycles. The van der Waals surface area contributed by atoms with Gasteiger partial charge in [0.2, 0.25) is 11.8 Å². The van der Waals surface area contributed by atoms with Gasteiger partial charge >= 0.3 is 0 Å². The first-order valence-corrected chi connectivity index (χ1v) is 12.7. The molecule has 3 unspecified atom stereocenters. The molecule has 33 heavy (non-hydrogen) atoms. The minimum absolute atomic E-state index is 0.0279. The van der Waals surface area contributed by atoms with Gasteiger partial charge in [-0.05, 0) is 74.3 Å². The van der Waals surface area contributed by atoms with Crippen LogP contribution in [0.4, 0.5) is 11.5 Å². The molecule has 2 amide bonds. The van der Waals surface area contributed by atoms with Crippen LogP contribution in [-0.4, -0.2) is 35.9 Å². The number of rotatable bonds is 6. The quantitative estimate of drug-likeness (QED) is 0.635. The number of aromatic nitrogens is 1. The summed E-state index contributed by atoms with van der Waals surface area (Å²) in [6.07, 6.45) is 7.58. The first-order valence-electron chi connectivity index (χ1n) is 12.7.